The van der Waals surface area contributed by atoms with E-state index in [0.717, 1.165) is 18.4 Å². The molecule has 1 aromatic carbocycles. The molecule has 1 amide bonds. The summed E-state index contributed by atoms with van der Waals surface area (Å²) in [6, 6.07) is 10.1. The molecule has 22 heavy (non-hydrogen) atoms. The Balaban J connectivity index is 1.63. The molecule has 0 N–H and O–H groups in total. The third-order valence-corrected chi connectivity index (χ3v) is 4.42. The number of hydrogen-bond donors (Lipinski definition) is 0. The Kier molecular flexibility index (Phi) is 4.56. The molecule has 4 heteroatoms. The molecule has 0 radical (unpaired) electrons. The molecule has 0 spiro atoms. The van der Waals surface area contributed by atoms with E-state index < -0.39 is 0 Å². The number of carbonyl (C=O) groups excluding carboxylic acids is 1. The molecule has 3 rings (SSSR count). The second-order valence-corrected chi connectivity index (χ2v) is 5.98. The molecule has 0 unspecified atom stereocenters. The molecular formula is C18H22N2O2. The molecule has 1 aromatic heterocycles. The van der Waals surface area contributed by atoms with Crippen molar-refractivity contribution in [1.82, 2.24) is 9.88 Å². The van der Waals surface area contributed by atoms with Crippen LogP contribution in [0.2, 0.25) is 0 Å². The van der Waals surface area contributed by atoms with Gasteiger partial charge in [0.2, 0.25) is 11.8 Å². The summed E-state index contributed by atoms with van der Waals surface area (Å²) in [7, 11) is 1.91. The highest BCUT2D eigenvalue weighted by atomic mass is 16.3. The number of oxazole rings is 1. The normalized spacial score (nSPS) is 15.7. The van der Waals surface area contributed by atoms with Gasteiger partial charge in [-0.05, 0) is 25.0 Å². The van der Waals surface area contributed by atoms with E-state index in [0.29, 0.717) is 24.0 Å². The van der Waals surface area contributed by atoms with Gasteiger partial charge in [0.15, 0.2) is 0 Å². The van der Waals surface area contributed by atoms with Gasteiger partial charge in [-0.25, -0.2) is 4.98 Å². The van der Waals surface area contributed by atoms with Crippen LogP contribution in [0.3, 0.4) is 0 Å². The zero-order chi connectivity index (χ0) is 15.4. The van der Waals surface area contributed by atoms with Crippen LogP contribution < -0.4 is 0 Å². The van der Waals surface area contributed by atoms with Crippen LogP contribution in [0, 0.1) is 0 Å². The van der Waals surface area contributed by atoms with Crippen LogP contribution in [0.15, 0.2) is 41.0 Å². The lowest BCUT2D eigenvalue weighted by atomic mass is 9.94. The predicted octanol–water partition coefficient (Wildman–Crippen LogP) is 3.68. The van der Waals surface area contributed by atoms with Gasteiger partial charge in [0.1, 0.15) is 6.26 Å². The fourth-order valence-corrected chi connectivity index (χ4v) is 3.05. The highest BCUT2D eigenvalue weighted by molar-refractivity contribution is 5.78. The van der Waals surface area contributed by atoms with E-state index in [-0.39, 0.29) is 5.91 Å². The summed E-state index contributed by atoms with van der Waals surface area (Å²) in [5.41, 5.74) is 1.63. The molecule has 116 valence electrons. The summed E-state index contributed by atoms with van der Waals surface area (Å²) in [6.07, 6.45) is 7.89. The predicted molar refractivity (Wildman–Crippen MR) is 85.3 cm³/mol. The SMILES string of the molecule is CN(C(=O)Cc1coc(-c2ccccc2)n1)C1CCCCC1. The molecule has 1 aliphatic carbocycles. The van der Waals surface area contributed by atoms with Crippen LogP contribution in [0.25, 0.3) is 11.5 Å². The number of likely N-dealkylation sites (N-methyl/N-ethyl adjacent to an activating group) is 1. The van der Waals surface area contributed by atoms with E-state index in [1.54, 1.807) is 6.26 Å². The Morgan fingerprint density at radius 2 is 1.95 bits per heavy atom. The molecule has 1 aliphatic rings. The molecule has 0 saturated heterocycles. The second-order valence-electron chi connectivity index (χ2n) is 5.98. The Labute approximate surface area is 131 Å². The van der Waals surface area contributed by atoms with Crippen molar-refractivity contribution in [3.05, 3.63) is 42.3 Å². The lowest BCUT2D eigenvalue weighted by Crippen LogP contribution is -2.39. The van der Waals surface area contributed by atoms with Crippen molar-refractivity contribution >= 4 is 5.91 Å². The average molecular weight is 298 g/mol. The van der Waals surface area contributed by atoms with Crippen LogP contribution in [0.5, 0.6) is 0 Å². The monoisotopic (exact) mass is 298 g/mol. The van der Waals surface area contributed by atoms with Crippen molar-refractivity contribution in [3.8, 4) is 11.5 Å². The van der Waals surface area contributed by atoms with Gasteiger partial charge in [-0.15, -0.1) is 0 Å². The first-order valence-corrected chi connectivity index (χ1v) is 7.99. The number of carbonyl (C=O) groups is 1. The minimum absolute atomic E-state index is 0.125. The summed E-state index contributed by atoms with van der Waals surface area (Å²) >= 11 is 0. The molecular weight excluding hydrogens is 276 g/mol. The van der Waals surface area contributed by atoms with Crippen molar-refractivity contribution in [1.29, 1.82) is 0 Å². The highest BCUT2D eigenvalue weighted by Gasteiger charge is 2.22. The third kappa shape index (κ3) is 3.38. The topological polar surface area (TPSA) is 46.3 Å². The minimum atomic E-state index is 0.125. The standard InChI is InChI=1S/C18H22N2O2/c1-20(16-10-6-3-7-11-16)17(21)12-15-13-22-18(19-15)14-8-4-2-5-9-14/h2,4-5,8-9,13,16H,3,6-7,10-12H2,1H3. The maximum Gasteiger partial charge on any atom is 0.228 e. The van der Waals surface area contributed by atoms with Crippen LogP contribution >= 0.6 is 0 Å². The maximum absolute atomic E-state index is 12.4. The van der Waals surface area contributed by atoms with Crippen molar-refractivity contribution in [2.75, 3.05) is 7.05 Å². The van der Waals surface area contributed by atoms with Crippen molar-refractivity contribution in [2.45, 2.75) is 44.6 Å². The molecule has 0 bridgehead atoms. The molecule has 0 aliphatic heterocycles. The Morgan fingerprint density at radius 3 is 2.68 bits per heavy atom. The zero-order valence-electron chi connectivity index (χ0n) is 13.0. The Morgan fingerprint density at radius 1 is 1.23 bits per heavy atom. The molecule has 4 nitrogen and oxygen atoms in total. The summed E-state index contributed by atoms with van der Waals surface area (Å²) < 4.78 is 5.49. The first-order chi connectivity index (χ1) is 10.7. The van der Waals surface area contributed by atoms with E-state index in [1.165, 1.54) is 19.3 Å². The average Bonchev–Trinajstić information content (AvgIpc) is 3.04. The highest BCUT2D eigenvalue weighted by Crippen LogP contribution is 2.23. The van der Waals surface area contributed by atoms with Crippen molar-refractivity contribution in [3.63, 3.8) is 0 Å². The molecule has 2 aromatic rings. The van der Waals surface area contributed by atoms with Crippen LogP contribution in [-0.2, 0) is 11.2 Å². The van der Waals surface area contributed by atoms with E-state index in [2.05, 4.69) is 4.98 Å². The maximum atomic E-state index is 12.4. The van der Waals surface area contributed by atoms with E-state index in [4.69, 9.17) is 4.42 Å². The molecule has 1 saturated carbocycles. The zero-order valence-corrected chi connectivity index (χ0v) is 13.0. The third-order valence-electron chi connectivity index (χ3n) is 4.42. The second kappa shape index (κ2) is 6.77. The number of aromatic nitrogens is 1. The van der Waals surface area contributed by atoms with E-state index in [9.17, 15) is 4.79 Å². The Bertz CT molecular complexity index is 615. The van der Waals surface area contributed by atoms with Gasteiger partial charge in [0, 0.05) is 18.7 Å². The van der Waals surface area contributed by atoms with Gasteiger partial charge in [0.25, 0.3) is 0 Å². The number of nitrogens with zero attached hydrogens (tertiary/aromatic N) is 2. The van der Waals surface area contributed by atoms with Gasteiger partial charge in [-0.3, -0.25) is 4.79 Å². The first-order valence-electron chi connectivity index (χ1n) is 7.99. The van der Waals surface area contributed by atoms with E-state index >= 15 is 0 Å². The number of rotatable bonds is 4. The largest absolute Gasteiger partial charge is 0.444 e. The number of benzene rings is 1. The molecule has 1 fully saturated rings. The van der Waals surface area contributed by atoms with Crippen molar-refractivity contribution < 1.29 is 9.21 Å². The summed E-state index contributed by atoms with van der Waals surface area (Å²) in [6.45, 7) is 0. The van der Waals surface area contributed by atoms with Gasteiger partial charge < -0.3 is 9.32 Å². The molecule has 0 atom stereocenters. The first kappa shape index (κ1) is 14.8. The van der Waals surface area contributed by atoms with Crippen LogP contribution in [0.4, 0.5) is 0 Å². The van der Waals surface area contributed by atoms with Gasteiger partial charge in [-0.1, -0.05) is 37.5 Å². The van der Waals surface area contributed by atoms with Crippen molar-refractivity contribution in [2.24, 2.45) is 0 Å². The number of hydrogen-bond acceptors (Lipinski definition) is 3. The molecule has 1 heterocycles. The summed E-state index contributed by atoms with van der Waals surface area (Å²) in [5.74, 6) is 0.698. The van der Waals surface area contributed by atoms with Crippen LogP contribution in [0.1, 0.15) is 37.8 Å². The summed E-state index contributed by atoms with van der Waals surface area (Å²) in [5, 5.41) is 0. The van der Waals surface area contributed by atoms with Gasteiger partial charge >= 0.3 is 0 Å². The lowest BCUT2D eigenvalue weighted by Gasteiger charge is -2.31. The summed E-state index contributed by atoms with van der Waals surface area (Å²) in [4.78, 5) is 18.7. The Hall–Kier alpha value is -2.10. The van der Waals surface area contributed by atoms with E-state index in [1.807, 2.05) is 42.3 Å². The smallest absolute Gasteiger partial charge is 0.228 e. The minimum Gasteiger partial charge on any atom is -0.444 e. The van der Waals surface area contributed by atoms with Crippen LogP contribution in [-0.4, -0.2) is 28.9 Å². The lowest BCUT2D eigenvalue weighted by molar-refractivity contribution is -0.131. The van der Waals surface area contributed by atoms with Gasteiger partial charge in [0.05, 0.1) is 12.1 Å². The quantitative estimate of drug-likeness (QED) is 0.865. The number of amides is 1. The fraction of sp³-hybridized carbons (Fsp3) is 0.444. The van der Waals surface area contributed by atoms with Gasteiger partial charge in [-0.2, -0.15) is 0 Å². The fourth-order valence-electron chi connectivity index (χ4n) is 3.05.